The maximum absolute atomic E-state index is 13.2. The van der Waals surface area contributed by atoms with Crippen LogP contribution in [-0.4, -0.2) is 68.6 Å². The molecule has 0 spiro atoms. The van der Waals surface area contributed by atoms with Crippen molar-refractivity contribution < 1.29 is 22.7 Å². The first kappa shape index (κ1) is 24.9. The molecule has 0 bridgehead atoms. The summed E-state index contributed by atoms with van der Waals surface area (Å²) in [6.07, 6.45) is 0.108. The number of nitrogens with zero attached hydrogens (tertiary/aromatic N) is 3. The fourth-order valence-corrected chi connectivity index (χ4v) is 4.51. The molecule has 2 aromatic rings. The van der Waals surface area contributed by atoms with Gasteiger partial charge >= 0.3 is 6.09 Å². The number of rotatable bonds is 5. The van der Waals surface area contributed by atoms with Gasteiger partial charge in [0.1, 0.15) is 6.61 Å². The van der Waals surface area contributed by atoms with Crippen molar-refractivity contribution >= 4 is 34.7 Å². The summed E-state index contributed by atoms with van der Waals surface area (Å²) in [4.78, 5) is 32.0. The fourth-order valence-electron chi connectivity index (χ4n) is 3.53. The Labute approximate surface area is 198 Å². The Hall–Kier alpha value is -3.73. The van der Waals surface area contributed by atoms with E-state index in [0.29, 0.717) is 19.5 Å². The molecule has 1 aliphatic heterocycles. The molecule has 2 amide bonds. The number of hydrogen-bond donors (Lipinski definition) is 2. The summed E-state index contributed by atoms with van der Waals surface area (Å²) in [7, 11) is -4.08. The molecule has 2 aromatic carbocycles. The van der Waals surface area contributed by atoms with Gasteiger partial charge in [-0.25, -0.2) is 22.9 Å². The summed E-state index contributed by atoms with van der Waals surface area (Å²) in [6, 6.07) is 14.8. The third-order valence-corrected chi connectivity index (χ3v) is 6.80. The third kappa shape index (κ3) is 6.19. The predicted octanol–water partition coefficient (Wildman–Crippen LogP) is 2.47. The van der Waals surface area contributed by atoms with E-state index in [0.717, 1.165) is 5.56 Å². The molecule has 34 heavy (non-hydrogen) atoms. The van der Waals surface area contributed by atoms with Crippen molar-refractivity contribution in [3.8, 4) is 0 Å². The summed E-state index contributed by atoms with van der Waals surface area (Å²) < 4.78 is 32.2. The molecule has 0 unspecified atom stereocenters. The molecule has 0 saturated carbocycles. The molecule has 3 rings (SSSR count). The minimum absolute atomic E-state index is 0.166. The van der Waals surface area contributed by atoms with Crippen LogP contribution < -0.4 is 4.72 Å². The highest BCUT2D eigenvalue weighted by atomic mass is 32.2. The average molecular weight is 486 g/mol. The number of ether oxygens (including phenoxy) is 1. The molecule has 1 saturated heterocycles. The Bertz CT molecular complexity index is 1170. The molecular weight excluding hydrogens is 458 g/mol. The van der Waals surface area contributed by atoms with E-state index in [2.05, 4.69) is 11.7 Å². The molecule has 1 fully saturated rings. The second-order valence-corrected chi connectivity index (χ2v) is 9.49. The van der Waals surface area contributed by atoms with Crippen molar-refractivity contribution in [2.24, 2.45) is 4.99 Å². The van der Waals surface area contributed by atoms with E-state index in [-0.39, 0.29) is 35.6 Å². The standard InChI is InChI=1S/C23H27N5O5S/c1-17-11-12-27(23(30)33-16-18-7-4-3-5-8-18)13-14-28(17)21(29)19-9-6-10-20(15-19)34(31,32)26-22(24)25-2/h3-10,15,17H,2,11-14,16H2,1H3,(H2,24,26)/t17-/m1/s1. The lowest BCUT2D eigenvalue weighted by Gasteiger charge is -2.27. The zero-order chi connectivity index (χ0) is 24.7. The van der Waals surface area contributed by atoms with Gasteiger partial charge in [-0.15, -0.1) is 0 Å². The quantitative estimate of drug-likeness (QED) is 0.496. The normalized spacial score (nSPS) is 16.3. The van der Waals surface area contributed by atoms with Crippen LogP contribution in [0.5, 0.6) is 0 Å². The molecule has 0 aliphatic carbocycles. The van der Waals surface area contributed by atoms with Crippen LogP contribution in [0.4, 0.5) is 4.79 Å². The Morgan fingerprint density at radius 2 is 1.88 bits per heavy atom. The highest BCUT2D eigenvalue weighted by molar-refractivity contribution is 7.90. The first-order valence-corrected chi connectivity index (χ1v) is 12.1. The zero-order valence-electron chi connectivity index (χ0n) is 18.8. The van der Waals surface area contributed by atoms with Gasteiger partial charge in [-0.1, -0.05) is 36.4 Å². The van der Waals surface area contributed by atoms with Crippen LogP contribution in [0.1, 0.15) is 29.3 Å². The van der Waals surface area contributed by atoms with Gasteiger partial charge in [0.2, 0.25) is 5.96 Å². The van der Waals surface area contributed by atoms with Crippen LogP contribution in [0, 0.1) is 5.41 Å². The number of sulfonamides is 1. The van der Waals surface area contributed by atoms with Gasteiger partial charge in [-0.2, -0.15) is 0 Å². The van der Waals surface area contributed by atoms with Crippen molar-refractivity contribution in [1.29, 1.82) is 5.41 Å². The molecule has 11 heteroatoms. The maximum Gasteiger partial charge on any atom is 0.410 e. The second kappa shape index (κ2) is 10.9. The molecule has 1 heterocycles. The number of carbonyl (C=O) groups is 2. The zero-order valence-corrected chi connectivity index (χ0v) is 19.6. The number of amides is 2. The summed E-state index contributed by atoms with van der Waals surface area (Å²) in [5, 5.41) is 7.39. The number of benzene rings is 2. The number of aliphatic imine (C=N–C) groups is 1. The Kier molecular flexibility index (Phi) is 8.00. The monoisotopic (exact) mass is 485 g/mol. The lowest BCUT2D eigenvalue weighted by atomic mass is 10.1. The summed E-state index contributed by atoms with van der Waals surface area (Å²) in [6.45, 7) is 6.18. The largest absolute Gasteiger partial charge is 0.445 e. The van der Waals surface area contributed by atoms with Crippen molar-refractivity contribution in [3.05, 3.63) is 65.7 Å². The van der Waals surface area contributed by atoms with E-state index in [1.165, 1.54) is 24.3 Å². The minimum atomic E-state index is -4.08. The highest BCUT2D eigenvalue weighted by Gasteiger charge is 2.29. The molecule has 1 atom stereocenters. The van der Waals surface area contributed by atoms with E-state index in [9.17, 15) is 18.0 Å². The van der Waals surface area contributed by atoms with Crippen LogP contribution >= 0.6 is 0 Å². The van der Waals surface area contributed by atoms with Gasteiger partial charge in [0.25, 0.3) is 15.9 Å². The van der Waals surface area contributed by atoms with E-state index in [4.69, 9.17) is 10.1 Å². The van der Waals surface area contributed by atoms with Gasteiger partial charge < -0.3 is 14.5 Å². The lowest BCUT2D eigenvalue weighted by molar-refractivity contribution is 0.0693. The number of hydrogen-bond acceptors (Lipinski definition) is 6. The number of nitrogens with one attached hydrogen (secondary N) is 2. The van der Waals surface area contributed by atoms with E-state index in [1.807, 2.05) is 42.0 Å². The predicted molar refractivity (Wildman–Crippen MR) is 127 cm³/mol. The van der Waals surface area contributed by atoms with E-state index in [1.54, 1.807) is 9.80 Å². The van der Waals surface area contributed by atoms with Crippen LogP contribution in [0.2, 0.25) is 0 Å². The molecule has 0 aromatic heterocycles. The summed E-state index contributed by atoms with van der Waals surface area (Å²) >= 11 is 0. The van der Waals surface area contributed by atoms with Crippen molar-refractivity contribution in [3.63, 3.8) is 0 Å². The van der Waals surface area contributed by atoms with Gasteiger partial charge in [-0.05, 0) is 43.8 Å². The number of carbonyl (C=O) groups excluding carboxylic acids is 2. The van der Waals surface area contributed by atoms with Crippen molar-refractivity contribution in [2.45, 2.75) is 30.9 Å². The Balaban J connectivity index is 1.67. The first-order chi connectivity index (χ1) is 16.2. The summed E-state index contributed by atoms with van der Waals surface area (Å²) in [5.74, 6) is -0.960. The molecule has 2 N–H and O–H groups in total. The van der Waals surface area contributed by atoms with Gasteiger partial charge in [0, 0.05) is 31.2 Å². The Morgan fingerprint density at radius 1 is 1.15 bits per heavy atom. The molecular formula is C23H27N5O5S. The van der Waals surface area contributed by atoms with Crippen molar-refractivity contribution in [2.75, 3.05) is 19.6 Å². The van der Waals surface area contributed by atoms with E-state index < -0.39 is 22.1 Å². The lowest BCUT2D eigenvalue weighted by Crippen LogP contribution is -2.40. The molecule has 10 nitrogen and oxygen atoms in total. The van der Waals surface area contributed by atoms with Crippen LogP contribution in [0.3, 0.4) is 0 Å². The average Bonchev–Trinajstić information content (AvgIpc) is 3.04. The fraction of sp³-hybridized carbons (Fsp3) is 0.304. The van der Waals surface area contributed by atoms with Gasteiger partial charge in [0.15, 0.2) is 0 Å². The molecule has 0 radical (unpaired) electrons. The molecule has 180 valence electrons. The minimum Gasteiger partial charge on any atom is -0.445 e. The van der Waals surface area contributed by atoms with Gasteiger partial charge in [0.05, 0.1) is 4.90 Å². The number of guanidine groups is 1. The summed E-state index contributed by atoms with van der Waals surface area (Å²) in [5.41, 5.74) is 1.08. The maximum atomic E-state index is 13.2. The van der Waals surface area contributed by atoms with Gasteiger partial charge in [-0.3, -0.25) is 10.2 Å². The smallest absolute Gasteiger partial charge is 0.410 e. The Morgan fingerprint density at radius 3 is 2.59 bits per heavy atom. The van der Waals surface area contributed by atoms with Crippen LogP contribution in [-0.2, 0) is 21.4 Å². The highest BCUT2D eigenvalue weighted by Crippen LogP contribution is 2.18. The van der Waals surface area contributed by atoms with Crippen LogP contribution in [0.25, 0.3) is 0 Å². The first-order valence-electron chi connectivity index (χ1n) is 10.7. The molecule has 1 aliphatic rings. The van der Waals surface area contributed by atoms with E-state index >= 15 is 0 Å². The van der Waals surface area contributed by atoms with Crippen LogP contribution in [0.15, 0.2) is 64.5 Å². The third-order valence-electron chi connectivity index (χ3n) is 5.46. The van der Waals surface area contributed by atoms with Crippen molar-refractivity contribution in [1.82, 2.24) is 14.5 Å². The topological polar surface area (TPSA) is 132 Å². The SMILES string of the molecule is C=NC(=N)NS(=O)(=O)c1cccc(C(=O)N2CCN(C(=O)OCc3ccccc3)CC[C@H]2C)c1. The second-order valence-electron chi connectivity index (χ2n) is 7.80.